The first-order chi connectivity index (χ1) is 40.5. The fourth-order valence-corrected chi connectivity index (χ4v) is 11.8. The minimum atomic E-state index is -0.263. The predicted octanol–water partition coefficient (Wildman–Crippen LogP) is 22.0. The number of nitrogens with zero attached hydrogens (tertiary/aromatic N) is 5. The van der Waals surface area contributed by atoms with Crippen molar-refractivity contribution >= 4 is 77.2 Å². The highest BCUT2D eigenvalue weighted by Crippen LogP contribution is 2.53. The lowest BCUT2D eigenvalue weighted by atomic mass is 9.83. The van der Waals surface area contributed by atoms with E-state index in [9.17, 15) is 0 Å². The average Bonchev–Trinajstić information content (AvgIpc) is 1.81. The van der Waals surface area contributed by atoms with E-state index in [1.54, 1.807) is 0 Å². The highest BCUT2D eigenvalue weighted by atomic mass is 15.2. The van der Waals surface area contributed by atoms with Crippen LogP contribution in [-0.2, 0) is 16.2 Å². The molecule has 410 valence electrons. The molecule has 0 unspecified atom stereocenters. The first-order valence-corrected chi connectivity index (χ1v) is 29.3. The minimum Gasteiger partial charge on any atom is -0.310 e. The van der Waals surface area contributed by atoms with Gasteiger partial charge in [0.1, 0.15) is 0 Å². The lowest BCUT2D eigenvalue weighted by Crippen LogP contribution is -2.20. The summed E-state index contributed by atoms with van der Waals surface area (Å²) in [5, 5.41) is 8.96. The van der Waals surface area contributed by atoms with Crippen molar-refractivity contribution in [1.82, 2.24) is 15.0 Å². The van der Waals surface area contributed by atoms with Gasteiger partial charge in [0.25, 0.3) is 0 Å². The van der Waals surface area contributed by atoms with Crippen molar-refractivity contribution in [2.24, 2.45) is 0 Å². The molecular formula is C79H69N5. The van der Waals surface area contributed by atoms with Gasteiger partial charge in [-0.1, -0.05) is 250 Å². The summed E-state index contributed by atoms with van der Waals surface area (Å²) in [6.07, 6.45) is 0. The predicted molar refractivity (Wildman–Crippen MR) is 357 cm³/mol. The van der Waals surface area contributed by atoms with Crippen molar-refractivity contribution in [2.75, 3.05) is 9.80 Å². The van der Waals surface area contributed by atoms with Crippen LogP contribution in [0, 0.1) is 0 Å². The van der Waals surface area contributed by atoms with Gasteiger partial charge in [-0.3, -0.25) is 0 Å². The maximum absolute atomic E-state index is 5.46. The molecule has 84 heavy (non-hydrogen) atoms. The van der Waals surface area contributed by atoms with Crippen LogP contribution in [0.1, 0.15) is 79.0 Å². The van der Waals surface area contributed by atoms with E-state index in [4.69, 9.17) is 15.0 Å². The molecule has 13 aromatic rings. The molecule has 0 spiro atoms. The third-order valence-corrected chi connectivity index (χ3v) is 16.5. The van der Waals surface area contributed by atoms with E-state index < -0.39 is 0 Å². The maximum Gasteiger partial charge on any atom is 0.164 e. The van der Waals surface area contributed by atoms with Gasteiger partial charge in [-0.2, -0.15) is 0 Å². The summed E-state index contributed by atoms with van der Waals surface area (Å²) < 4.78 is 0. The van der Waals surface area contributed by atoms with E-state index in [-0.39, 0.29) is 16.2 Å². The topological polar surface area (TPSA) is 45.2 Å². The zero-order valence-corrected chi connectivity index (χ0v) is 49.5. The van der Waals surface area contributed by atoms with Crippen LogP contribution in [-0.4, -0.2) is 15.0 Å². The number of benzene rings is 12. The monoisotopic (exact) mass is 1090 g/mol. The zero-order valence-electron chi connectivity index (χ0n) is 49.5. The Hall–Kier alpha value is -9.71. The largest absolute Gasteiger partial charge is 0.310 e. The smallest absolute Gasteiger partial charge is 0.164 e. The van der Waals surface area contributed by atoms with Gasteiger partial charge in [-0.15, -0.1) is 0 Å². The van der Waals surface area contributed by atoms with Gasteiger partial charge in [0.05, 0.1) is 17.1 Å². The molecule has 0 N–H and O–H groups in total. The van der Waals surface area contributed by atoms with Gasteiger partial charge in [0, 0.05) is 44.7 Å². The molecule has 5 heteroatoms. The molecule has 0 aliphatic heterocycles. The van der Waals surface area contributed by atoms with E-state index in [0.29, 0.717) is 17.5 Å². The van der Waals surface area contributed by atoms with Crippen LogP contribution >= 0.6 is 0 Å². The fourth-order valence-electron chi connectivity index (χ4n) is 11.8. The van der Waals surface area contributed by atoms with E-state index in [1.165, 1.54) is 27.5 Å². The van der Waals surface area contributed by atoms with Gasteiger partial charge < -0.3 is 9.80 Å². The van der Waals surface area contributed by atoms with Crippen LogP contribution in [0.25, 0.3) is 88.4 Å². The molecule has 0 saturated heterocycles. The molecule has 12 aromatic carbocycles. The quantitative estimate of drug-likeness (QED) is 0.137. The van der Waals surface area contributed by atoms with Crippen molar-refractivity contribution in [3.63, 3.8) is 0 Å². The molecule has 0 radical (unpaired) electrons. The fraction of sp³-hybridized carbons (Fsp3) is 0.152. The van der Waals surface area contributed by atoms with Crippen LogP contribution < -0.4 is 9.80 Å². The Morgan fingerprint density at radius 1 is 0.262 bits per heavy atom. The average molecular weight is 1090 g/mol. The molecule has 0 aliphatic rings. The molecule has 1 heterocycles. The number of hydrogen-bond donors (Lipinski definition) is 0. The molecular weight excluding hydrogens is 1020 g/mol. The molecule has 5 nitrogen and oxygen atoms in total. The Kier molecular flexibility index (Phi) is 13.5. The number of aromatic nitrogens is 3. The van der Waals surface area contributed by atoms with Crippen LogP contribution in [0.15, 0.2) is 255 Å². The van der Waals surface area contributed by atoms with Crippen molar-refractivity contribution in [1.29, 1.82) is 0 Å². The Morgan fingerprint density at radius 2 is 0.714 bits per heavy atom. The number of rotatable bonds is 10. The van der Waals surface area contributed by atoms with Crippen molar-refractivity contribution in [3.05, 3.63) is 271 Å². The summed E-state index contributed by atoms with van der Waals surface area (Å²) in [4.78, 5) is 21.2. The van der Waals surface area contributed by atoms with Gasteiger partial charge in [-0.05, 0) is 143 Å². The van der Waals surface area contributed by atoms with Crippen LogP contribution in [0.2, 0.25) is 0 Å². The molecule has 0 fully saturated rings. The van der Waals surface area contributed by atoms with Gasteiger partial charge in [-0.25, -0.2) is 15.0 Å². The first kappa shape index (κ1) is 53.6. The number of anilines is 6. The summed E-state index contributed by atoms with van der Waals surface area (Å²) >= 11 is 0. The van der Waals surface area contributed by atoms with Crippen LogP contribution in [0.3, 0.4) is 0 Å². The molecule has 13 rings (SSSR count). The minimum absolute atomic E-state index is 0.0235. The maximum atomic E-state index is 5.46. The second-order valence-corrected chi connectivity index (χ2v) is 25.4. The zero-order chi connectivity index (χ0) is 57.9. The van der Waals surface area contributed by atoms with Gasteiger partial charge >= 0.3 is 0 Å². The molecule has 0 saturated carbocycles. The van der Waals surface area contributed by atoms with Crippen molar-refractivity contribution < 1.29 is 0 Å². The van der Waals surface area contributed by atoms with Crippen molar-refractivity contribution in [3.8, 4) is 45.3 Å². The molecule has 1 aromatic heterocycles. The van der Waals surface area contributed by atoms with E-state index in [0.717, 1.165) is 94.3 Å². The van der Waals surface area contributed by atoms with Crippen LogP contribution in [0.4, 0.5) is 34.1 Å². The van der Waals surface area contributed by atoms with E-state index in [2.05, 4.69) is 327 Å². The number of fused-ring (bicyclic) bond motifs is 4. The summed E-state index contributed by atoms with van der Waals surface area (Å²) in [7, 11) is 0. The lowest BCUT2D eigenvalue weighted by molar-refractivity contribution is 0.589. The Labute approximate surface area is 494 Å². The second-order valence-electron chi connectivity index (χ2n) is 25.4. The third kappa shape index (κ3) is 10.3. The Bertz CT molecular complexity index is 4590. The Morgan fingerprint density at radius 3 is 1.32 bits per heavy atom. The number of hydrogen-bond acceptors (Lipinski definition) is 5. The summed E-state index contributed by atoms with van der Waals surface area (Å²) in [5.74, 6) is 1.84. The highest BCUT2D eigenvalue weighted by Gasteiger charge is 2.30. The molecule has 0 aliphatic carbocycles. The molecule has 0 amide bonds. The van der Waals surface area contributed by atoms with E-state index in [1.807, 2.05) is 0 Å². The molecule has 0 atom stereocenters. The lowest BCUT2D eigenvalue weighted by Gasteiger charge is -2.36. The Balaban J connectivity index is 1.10. The normalized spacial score (nSPS) is 12.1. The summed E-state index contributed by atoms with van der Waals surface area (Å²) in [6.45, 7) is 20.7. The second kappa shape index (κ2) is 21.2. The molecule has 0 bridgehead atoms. The van der Waals surface area contributed by atoms with Gasteiger partial charge in [0.15, 0.2) is 17.5 Å². The van der Waals surface area contributed by atoms with Crippen molar-refractivity contribution in [2.45, 2.75) is 78.6 Å². The SMILES string of the molecule is CC(C)(C)c1ccc(N(c2ccc3ccccc3c2)c2cc(C(C)(C)C)cc(N(c3ccc(C(C)(C)C)cc3)c3ccc(-c4nc(-c5ccc6ccccc6c5)nc(-c5cccc6ccccc56)n4)c4ccccc34)c2-c2ccccc2)cc1. The van der Waals surface area contributed by atoms with Gasteiger partial charge in [0.2, 0.25) is 0 Å². The third-order valence-electron chi connectivity index (χ3n) is 16.5. The van der Waals surface area contributed by atoms with Crippen LogP contribution in [0.5, 0.6) is 0 Å². The first-order valence-electron chi connectivity index (χ1n) is 29.3. The summed E-state index contributed by atoms with van der Waals surface area (Å²) in [5.41, 5.74) is 14.7. The summed E-state index contributed by atoms with van der Waals surface area (Å²) in [6, 6.07) is 93.0. The standard InChI is InChI=1S/C79H69N5/c1-77(2,3)59-37-42-62(43-38-59)83(64-41-36-53-23-14-16-28-57(53)49-64)71-50-61(79(7,8)9)51-72(73(71)55-25-11-10-12-26-55)84(63-44-39-60(40-45-63)78(4,5)6)70-47-46-69(66-31-19-20-32-67(66)70)76-81-74(58-35-34-52-22-13-15-27-56(52)48-58)80-75(82-76)68-33-21-29-54-24-17-18-30-65(54)68/h10-51H,1-9H3. The van der Waals surface area contributed by atoms with E-state index >= 15 is 0 Å². The highest BCUT2D eigenvalue weighted by molar-refractivity contribution is 6.09.